The molecule has 2 fully saturated rings. The van der Waals surface area contributed by atoms with Gasteiger partial charge in [0, 0.05) is 25.9 Å². The van der Waals surface area contributed by atoms with Crippen molar-refractivity contribution in [3.8, 4) is 0 Å². The van der Waals surface area contributed by atoms with Crippen LogP contribution in [0.2, 0.25) is 0 Å². The Bertz CT molecular complexity index is 951. The molecule has 2 heterocycles. The van der Waals surface area contributed by atoms with Crippen LogP contribution >= 0.6 is 11.8 Å². The van der Waals surface area contributed by atoms with E-state index in [2.05, 4.69) is 5.32 Å². The van der Waals surface area contributed by atoms with Crippen LogP contribution in [0.25, 0.3) is 0 Å². The third-order valence-electron chi connectivity index (χ3n) is 6.43. The number of carbonyl (C=O) groups excluding carboxylic acids is 2. The molecule has 1 aromatic carbocycles. The van der Waals surface area contributed by atoms with E-state index < -0.39 is 52.7 Å². The van der Waals surface area contributed by atoms with Crippen LogP contribution in [0, 0.1) is 5.82 Å². The van der Waals surface area contributed by atoms with E-state index in [1.165, 1.54) is 9.80 Å². The number of likely N-dealkylation sites (tertiary alicyclic amines) is 1. The molecule has 1 spiro atoms. The van der Waals surface area contributed by atoms with E-state index in [1.807, 2.05) is 6.26 Å². The van der Waals surface area contributed by atoms with Crippen LogP contribution in [-0.2, 0) is 15.8 Å². The molecule has 2 aliphatic heterocycles. The van der Waals surface area contributed by atoms with Crippen molar-refractivity contribution in [2.24, 2.45) is 0 Å². The first-order chi connectivity index (χ1) is 15.9. The third-order valence-corrected chi connectivity index (χ3v) is 7.07. The highest BCUT2D eigenvalue weighted by Gasteiger charge is 2.55. The number of hydrogen-bond donors (Lipinski definition) is 2. The van der Waals surface area contributed by atoms with E-state index in [1.54, 1.807) is 18.7 Å². The second kappa shape index (κ2) is 10.1. The minimum absolute atomic E-state index is 0.0191. The van der Waals surface area contributed by atoms with Crippen molar-refractivity contribution in [2.75, 3.05) is 25.1 Å². The number of alkyl halides is 3. The van der Waals surface area contributed by atoms with Gasteiger partial charge in [-0.15, -0.1) is 0 Å². The summed E-state index contributed by atoms with van der Waals surface area (Å²) in [5.74, 6) is -2.70. The van der Waals surface area contributed by atoms with Gasteiger partial charge in [0.2, 0.25) is 5.91 Å². The maximum atomic E-state index is 13.7. The lowest BCUT2D eigenvalue weighted by Crippen LogP contribution is -2.63. The molecule has 1 aromatic rings. The van der Waals surface area contributed by atoms with Gasteiger partial charge in [0.1, 0.15) is 11.9 Å². The molecule has 0 saturated carbocycles. The Morgan fingerprint density at radius 3 is 2.47 bits per heavy atom. The number of carboxylic acid groups (broad SMARTS) is 1. The molecule has 2 saturated heterocycles. The second-order valence-corrected chi connectivity index (χ2v) is 9.45. The Labute approximate surface area is 198 Å². The van der Waals surface area contributed by atoms with Gasteiger partial charge in [0.15, 0.2) is 0 Å². The smallest absolute Gasteiger partial charge is 0.417 e. The quantitative estimate of drug-likeness (QED) is 0.554. The van der Waals surface area contributed by atoms with Crippen LogP contribution in [-0.4, -0.2) is 75.5 Å². The summed E-state index contributed by atoms with van der Waals surface area (Å²) < 4.78 is 53.9. The SMILES string of the molecule is CCC(C(=O)O)N1C(=O)C(CCSC)NC12CCN(C(=O)c1cc(F)ccc1C(F)(F)F)CC2. The highest BCUT2D eigenvalue weighted by Crippen LogP contribution is 2.38. The van der Waals surface area contributed by atoms with Crippen molar-refractivity contribution < 1.29 is 37.1 Å². The summed E-state index contributed by atoms with van der Waals surface area (Å²) in [6.07, 6.45) is -1.98. The second-order valence-electron chi connectivity index (χ2n) is 8.46. The lowest BCUT2D eigenvalue weighted by atomic mass is 9.93. The number of nitrogens with one attached hydrogen (secondary N) is 1. The third kappa shape index (κ3) is 5.02. The van der Waals surface area contributed by atoms with Gasteiger partial charge in [-0.2, -0.15) is 24.9 Å². The van der Waals surface area contributed by atoms with Crippen molar-refractivity contribution >= 4 is 29.5 Å². The zero-order chi connectivity index (χ0) is 25.3. The van der Waals surface area contributed by atoms with Gasteiger partial charge in [-0.25, -0.2) is 9.18 Å². The molecule has 188 valence electrons. The van der Waals surface area contributed by atoms with Gasteiger partial charge in [0.05, 0.1) is 22.8 Å². The average Bonchev–Trinajstić information content (AvgIpc) is 3.03. The molecule has 2 aliphatic rings. The molecular formula is C22H27F4N3O4S. The zero-order valence-corrected chi connectivity index (χ0v) is 19.6. The first-order valence-electron chi connectivity index (χ1n) is 10.9. The Balaban J connectivity index is 1.86. The molecule has 0 aromatic heterocycles. The Morgan fingerprint density at radius 1 is 1.29 bits per heavy atom. The number of halogens is 4. The zero-order valence-electron chi connectivity index (χ0n) is 18.8. The number of nitrogens with zero attached hydrogens (tertiary/aromatic N) is 2. The normalized spacial score (nSPS) is 21.2. The summed E-state index contributed by atoms with van der Waals surface area (Å²) in [4.78, 5) is 40.5. The maximum Gasteiger partial charge on any atom is 0.417 e. The Hall–Kier alpha value is -2.34. The minimum atomic E-state index is -4.83. The van der Waals surface area contributed by atoms with Crippen LogP contribution in [0.1, 0.15) is 48.5 Å². The average molecular weight is 506 g/mol. The van der Waals surface area contributed by atoms with Gasteiger partial charge >= 0.3 is 12.1 Å². The van der Waals surface area contributed by atoms with Gasteiger partial charge in [-0.3, -0.25) is 14.9 Å². The number of hydrogen-bond acceptors (Lipinski definition) is 5. The molecule has 34 heavy (non-hydrogen) atoms. The lowest BCUT2D eigenvalue weighted by Gasteiger charge is -2.46. The topological polar surface area (TPSA) is 89.9 Å². The van der Waals surface area contributed by atoms with Crippen LogP contribution in [0.3, 0.4) is 0 Å². The monoisotopic (exact) mass is 505 g/mol. The van der Waals surface area contributed by atoms with E-state index in [9.17, 15) is 37.1 Å². The van der Waals surface area contributed by atoms with Crippen molar-refractivity contribution in [1.29, 1.82) is 0 Å². The van der Waals surface area contributed by atoms with Gasteiger partial charge < -0.3 is 14.9 Å². The fraction of sp³-hybridized carbons (Fsp3) is 0.591. The summed E-state index contributed by atoms with van der Waals surface area (Å²) in [6.45, 7) is 1.62. The summed E-state index contributed by atoms with van der Waals surface area (Å²) in [5, 5.41) is 13.0. The molecule has 2 unspecified atom stereocenters. The maximum absolute atomic E-state index is 13.7. The molecule has 7 nitrogen and oxygen atoms in total. The lowest BCUT2D eigenvalue weighted by molar-refractivity contribution is -0.154. The number of carboxylic acids is 1. The fourth-order valence-electron chi connectivity index (χ4n) is 4.76. The first-order valence-corrected chi connectivity index (χ1v) is 12.3. The molecule has 3 rings (SSSR count). The summed E-state index contributed by atoms with van der Waals surface area (Å²) in [5.41, 5.74) is -3.01. The predicted octanol–water partition coefficient (Wildman–Crippen LogP) is 3.19. The highest BCUT2D eigenvalue weighted by molar-refractivity contribution is 7.98. The molecule has 0 aliphatic carbocycles. The van der Waals surface area contributed by atoms with Crippen molar-refractivity contribution in [2.45, 2.75) is 56.5 Å². The van der Waals surface area contributed by atoms with Crippen molar-refractivity contribution in [3.63, 3.8) is 0 Å². The number of piperidine rings is 1. The highest BCUT2D eigenvalue weighted by atomic mass is 32.2. The molecule has 2 atom stereocenters. The molecule has 12 heteroatoms. The van der Waals surface area contributed by atoms with E-state index in [0.29, 0.717) is 30.4 Å². The van der Waals surface area contributed by atoms with Crippen LogP contribution in [0.5, 0.6) is 0 Å². The van der Waals surface area contributed by atoms with Crippen molar-refractivity contribution in [3.05, 3.63) is 35.1 Å². The Kier molecular flexibility index (Phi) is 7.81. The van der Waals surface area contributed by atoms with E-state index in [0.717, 1.165) is 0 Å². The van der Waals surface area contributed by atoms with E-state index in [4.69, 9.17) is 0 Å². The summed E-state index contributed by atoms with van der Waals surface area (Å²) >= 11 is 1.55. The predicted molar refractivity (Wildman–Crippen MR) is 118 cm³/mol. The Morgan fingerprint density at radius 2 is 1.94 bits per heavy atom. The molecule has 0 radical (unpaired) electrons. The van der Waals surface area contributed by atoms with Gasteiger partial charge in [0.25, 0.3) is 5.91 Å². The summed E-state index contributed by atoms with van der Waals surface area (Å²) in [6, 6.07) is 0.129. The number of thioether (sulfide) groups is 1. The summed E-state index contributed by atoms with van der Waals surface area (Å²) in [7, 11) is 0. The number of carbonyl (C=O) groups is 3. The van der Waals surface area contributed by atoms with E-state index in [-0.39, 0.29) is 38.3 Å². The molecule has 2 N–H and O–H groups in total. The van der Waals surface area contributed by atoms with Crippen LogP contribution in [0.15, 0.2) is 18.2 Å². The number of aliphatic carboxylic acids is 1. The number of rotatable bonds is 7. The van der Waals surface area contributed by atoms with Gasteiger partial charge in [-0.05, 0) is 43.0 Å². The molecule has 0 bridgehead atoms. The van der Waals surface area contributed by atoms with Crippen molar-refractivity contribution in [1.82, 2.24) is 15.1 Å². The first kappa shape index (κ1) is 26.3. The largest absolute Gasteiger partial charge is 0.480 e. The molecular weight excluding hydrogens is 478 g/mol. The van der Waals surface area contributed by atoms with Crippen LogP contribution in [0.4, 0.5) is 17.6 Å². The number of benzene rings is 1. The standard InChI is InChI=1S/C22H27F4N3O4S/c1-3-17(20(32)33)29-19(31)16(6-11-34-2)27-21(29)7-9-28(10-8-21)18(30)14-12-13(23)4-5-15(14)22(24,25)26/h4-5,12,16-17,27H,3,6-11H2,1-2H3,(H,32,33). The van der Waals surface area contributed by atoms with Crippen LogP contribution < -0.4 is 5.32 Å². The fourth-order valence-corrected chi connectivity index (χ4v) is 5.23. The minimum Gasteiger partial charge on any atom is -0.480 e. The van der Waals surface area contributed by atoms with E-state index >= 15 is 0 Å². The van der Waals surface area contributed by atoms with Gasteiger partial charge in [-0.1, -0.05) is 6.92 Å². The number of amides is 2. The molecule has 2 amide bonds.